The third kappa shape index (κ3) is 3.20. The van der Waals surface area contributed by atoms with Crippen LogP contribution in [0.15, 0.2) is 30.3 Å². The van der Waals surface area contributed by atoms with Gasteiger partial charge < -0.3 is 4.74 Å². The zero-order valence-corrected chi connectivity index (χ0v) is 9.82. The number of hydrogen-bond acceptors (Lipinski definition) is 4. The van der Waals surface area contributed by atoms with Crippen LogP contribution >= 0.6 is 0 Å². The molecule has 0 spiro atoms. The second kappa shape index (κ2) is 5.46. The molecule has 1 aromatic rings. The Morgan fingerprint density at radius 2 is 1.75 bits per heavy atom. The second-order valence-electron chi connectivity index (χ2n) is 3.38. The predicted octanol–water partition coefficient (Wildman–Crippen LogP) is 1.04. The molecule has 0 bridgehead atoms. The van der Waals surface area contributed by atoms with Gasteiger partial charge in [0.15, 0.2) is 4.86 Å². The van der Waals surface area contributed by atoms with Crippen LogP contribution in [-0.2, 0) is 19.8 Å². The monoisotopic (exact) mass is 240 g/mol. The van der Waals surface area contributed by atoms with Gasteiger partial charge >= 0.3 is 5.97 Å². The van der Waals surface area contributed by atoms with Crippen LogP contribution in [0.2, 0.25) is 0 Å². The maximum absolute atomic E-state index is 11.5. The molecule has 0 heterocycles. The van der Waals surface area contributed by atoms with Gasteiger partial charge in [-0.15, -0.1) is 0 Å². The Labute approximate surface area is 95.4 Å². The summed E-state index contributed by atoms with van der Waals surface area (Å²) in [5, 5.41) is 0. The Morgan fingerprint density at radius 1 is 1.19 bits per heavy atom. The highest BCUT2D eigenvalue weighted by atomic mass is 32.2. The van der Waals surface area contributed by atoms with Crippen LogP contribution in [0, 0.1) is 0 Å². The van der Waals surface area contributed by atoms with Gasteiger partial charge in [0.1, 0.15) is 0 Å². The molecule has 5 heteroatoms. The first-order valence-corrected chi connectivity index (χ1v) is 5.82. The van der Waals surface area contributed by atoms with Crippen LogP contribution < -0.4 is 0 Å². The lowest BCUT2D eigenvalue weighted by Gasteiger charge is -2.07. The van der Waals surface area contributed by atoms with E-state index in [4.69, 9.17) is 4.74 Å². The largest absolute Gasteiger partial charge is 0.459 e. The molecular formula is C11H12O4S. The number of esters is 1. The number of carbonyl (C=O) groups is 1. The fraction of sp³-hybridized carbons (Fsp3) is 0.273. The smallest absolute Gasteiger partial charge is 0.354 e. The van der Waals surface area contributed by atoms with Gasteiger partial charge in [0.2, 0.25) is 10.3 Å². The van der Waals surface area contributed by atoms with Gasteiger partial charge in [-0.05, 0) is 13.8 Å². The van der Waals surface area contributed by atoms with E-state index in [9.17, 15) is 13.2 Å². The van der Waals surface area contributed by atoms with Gasteiger partial charge in [-0.3, -0.25) is 0 Å². The molecule has 0 saturated heterocycles. The van der Waals surface area contributed by atoms with Crippen LogP contribution in [-0.4, -0.2) is 25.4 Å². The summed E-state index contributed by atoms with van der Waals surface area (Å²) in [6.07, 6.45) is -0.352. The molecule has 0 aliphatic rings. The average Bonchev–Trinajstić information content (AvgIpc) is 2.17. The van der Waals surface area contributed by atoms with Crippen LogP contribution in [0.1, 0.15) is 19.4 Å². The van der Waals surface area contributed by atoms with Gasteiger partial charge in [0, 0.05) is 5.56 Å². The minimum absolute atomic E-state index is 0.335. The predicted molar refractivity (Wildman–Crippen MR) is 60.7 cm³/mol. The maximum Gasteiger partial charge on any atom is 0.354 e. The molecule has 0 aliphatic carbocycles. The highest BCUT2D eigenvalue weighted by molar-refractivity contribution is 7.75. The zero-order valence-electron chi connectivity index (χ0n) is 9.01. The molecule has 0 atom stereocenters. The van der Waals surface area contributed by atoms with Crippen molar-refractivity contribution < 1.29 is 17.9 Å². The van der Waals surface area contributed by atoms with E-state index in [2.05, 4.69) is 0 Å². The lowest BCUT2D eigenvalue weighted by molar-refractivity contribution is -0.138. The summed E-state index contributed by atoms with van der Waals surface area (Å²) in [7, 11) is -2.61. The van der Waals surface area contributed by atoms with Crippen LogP contribution in [0.25, 0.3) is 0 Å². The molecule has 1 aromatic carbocycles. The molecule has 0 N–H and O–H groups in total. The minimum Gasteiger partial charge on any atom is -0.459 e. The molecule has 4 nitrogen and oxygen atoms in total. The number of hydrogen-bond donors (Lipinski definition) is 0. The Kier molecular flexibility index (Phi) is 4.25. The van der Waals surface area contributed by atoms with Crippen molar-refractivity contribution in [1.82, 2.24) is 0 Å². The molecule has 0 unspecified atom stereocenters. The third-order valence-corrected chi connectivity index (χ3v) is 2.47. The van der Waals surface area contributed by atoms with Gasteiger partial charge in [-0.25, -0.2) is 4.79 Å². The summed E-state index contributed by atoms with van der Waals surface area (Å²) in [4.78, 5) is 11.2. The molecule has 16 heavy (non-hydrogen) atoms. The highest BCUT2D eigenvalue weighted by Crippen LogP contribution is 2.03. The van der Waals surface area contributed by atoms with E-state index in [1.165, 1.54) is 0 Å². The van der Waals surface area contributed by atoms with Crippen LogP contribution in [0.5, 0.6) is 0 Å². The molecule has 0 amide bonds. The lowest BCUT2D eigenvalue weighted by atomic mass is 10.1. The SMILES string of the molecule is CC(C)OC(=O)C(c1ccccc1)=S(=O)=O. The average molecular weight is 240 g/mol. The van der Waals surface area contributed by atoms with E-state index in [1.54, 1.807) is 44.2 Å². The van der Waals surface area contributed by atoms with Crippen molar-refractivity contribution in [2.45, 2.75) is 20.0 Å². The van der Waals surface area contributed by atoms with E-state index in [1.807, 2.05) is 0 Å². The Hall–Kier alpha value is -1.62. The fourth-order valence-electron chi connectivity index (χ4n) is 1.14. The normalized spacial score (nSPS) is 9.94. The van der Waals surface area contributed by atoms with E-state index >= 15 is 0 Å². The van der Waals surface area contributed by atoms with E-state index in [-0.39, 0.29) is 11.0 Å². The van der Waals surface area contributed by atoms with Crippen molar-refractivity contribution in [2.75, 3.05) is 0 Å². The first kappa shape index (κ1) is 12.4. The molecule has 0 aliphatic heterocycles. The van der Waals surface area contributed by atoms with Crippen molar-refractivity contribution in [2.24, 2.45) is 0 Å². The van der Waals surface area contributed by atoms with Gasteiger partial charge in [-0.1, -0.05) is 30.3 Å². The first-order valence-electron chi connectivity index (χ1n) is 4.75. The molecule has 0 radical (unpaired) electrons. The number of carbonyl (C=O) groups excluding carboxylic acids is 1. The Balaban J connectivity index is 3.15. The first-order chi connectivity index (χ1) is 7.52. The van der Waals surface area contributed by atoms with Crippen molar-refractivity contribution in [3.05, 3.63) is 35.9 Å². The van der Waals surface area contributed by atoms with Crippen molar-refractivity contribution >= 4 is 21.1 Å². The standard InChI is InChI=1S/C11H12O4S/c1-8(2)15-11(12)10(16(13)14)9-6-4-3-5-7-9/h3-8H,1-2H3. The topological polar surface area (TPSA) is 60.4 Å². The van der Waals surface area contributed by atoms with Gasteiger partial charge in [-0.2, -0.15) is 8.42 Å². The number of rotatable bonds is 3. The maximum atomic E-state index is 11.5. The molecular weight excluding hydrogens is 228 g/mol. The molecule has 0 fully saturated rings. The van der Waals surface area contributed by atoms with Crippen LogP contribution in [0.4, 0.5) is 0 Å². The van der Waals surface area contributed by atoms with Gasteiger partial charge in [0.05, 0.1) is 6.10 Å². The highest BCUT2D eigenvalue weighted by Gasteiger charge is 2.18. The Bertz CT molecular complexity index is 492. The minimum atomic E-state index is -2.61. The Morgan fingerprint density at radius 3 is 2.19 bits per heavy atom. The van der Waals surface area contributed by atoms with Crippen molar-refractivity contribution in [3.8, 4) is 0 Å². The second-order valence-corrected chi connectivity index (χ2v) is 4.26. The lowest BCUT2D eigenvalue weighted by Crippen LogP contribution is -2.22. The van der Waals surface area contributed by atoms with Crippen molar-refractivity contribution in [3.63, 3.8) is 0 Å². The summed E-state index contributed by atoms with van der Waals surface area (Å²) in [5.41, 5.74) is 0.335. The summed E-state index contributed by atoms with van der Waals surface area (Å²) >= 11 is 0. The molecule has 0 aromatic heterocycles. The zero-order chi connectivity index (χ0) is 12.1. The number of ether oxygens (including phenoxy) is 1. The van der Waals surface area contributed by atoms with E-state index in [0.29, 0.717) is 5.56 Å². The fourth-order valence-corrected chi connectivity index (χ4v) is 1.65. The summed E-state index contributed by atoms with van der Waals surface area (Å²) in [6, 6.07) is 8.15. The van der Waals surface area contributed by atoms with E-state index < -0.39 is 16.3 Å². The summed E-state index contributed by atoms with van der Waals surface area (Å²) in [6.45, 7) is 3.32. The van der Waals surface area contributed by atoms with E-state index in [0.717, 1.165) is 0 Å². The molecule has 1 rings (SSSR count). The molecule has 86 valence electrons. The summed E-state index contributed by atoms with van der Waals surface area (Å²) < 4.78 is 26.8. The van der Waals surface area contributed by atoms with Gasteiger partial charge in [0.25, 0.3) is 0 Å². The number of benzene rings is 1. The van der Waals surface area contributed by atoms with Crippen molar-refractivity contribution in [1.29, 1.82) is 0 Å². The van der Waals surface area contributed by atoms with Crippen LogP contribution in [0.3, 0.4) is 0 Å². The summed E-state index contributed by atoms with van der Waals surface area (Å²) in [5.74, 6) is -0.825. The molecule has 0 saturated carbocycles. The quantitative estimate of drug-likeness (QED) is 0.450. The third-order valence-electron chi connectivity index (χ3n) is 1.73.